The summed E-state index contributed by atoms with van der Waals surface area (Å²) < 4.78 is 2.35. The average Bonchev–Trinajstić information content (AvgIpc) is 3.68. The van der Waals surface area contributed by atoms with Crippen LogP contribution in [-0.2, 0) is 0 Å². The van der Waals surface area contributed by atoms with Crippen LogP contribution in [0.5, 0.6) is 0 Å². The highest BCUT2D eigenvalue weighted by Crippen LogP contribution is 2.45. The first-order chi connectivity index (χ1) is 30.2. The van der Waals surface area contributed by atoms with Crippen LogP contribution < -0.4 is 0 Å². The third kappa shape index (κ3) is 6.02. The summed E-state index contributed by atoms with van der Waals surface area (Å²) in [5.74, 6) is 2.84. The maximum Gasteiger partial charge on any atom is 0.164 e. The Morgan fingerprint density at radius 3 is 1.52 bits per heavy atom. The minimum absolute atomic E-state index is 0.630. The highest BCUT2D eigenvalue weighted by Gasteiger charge is 2.25. The van der Waals surface area contributed by atoms with Crippen LogP contribution in [0.15, 0.2) is 212 Å². The number of imidazole rings is 1. The van der Waals surface area contributed by atoms with Gasteiger partial charge < -0.3 is 0 Å². The zero-order chi connectivity index (χ0) is 40.3. The molecular formula is C56H35N5. The van der Waals surface area contributed by atoms with E-state index in [9.17, 15) is 0 Å². The van der Waals surface area contributed by atoms with E-state index >= 15 is 0 Å². The zero-order valence-corrected chi connectivity index (χ0v) is 32.9. The molecule has 0 aliphatic carbocycles. The summed E-state index contributed by atoms with van der Waals surface area (Å²) in [5, 5.41) is 2.32. The number of benzene rings is 9. The van der Waals surface area contributed by atoms with E-state index in [2.05, 4.69) is 187 Å². The van der Waals surface area contributed by atoms with Gasteiger partial charge in [0.25, 0.3) is 0 Å². The monoisotopic (exact) mass is 777 g/mol. The Morgan fingerprint density at radius 1 is 0.279 bits per heavy atom. The van der Waals surface area contributed by atoms with Gasteiger partial charge in [0, 0.05) is 33.4 Å². The normalized spacial score (nSPS) is 11.6. The first kappa shape index (κ1) is 34.7. The Morgan fingerprint density at radius 2 is 0.770 bits per heavy atom. The third-order valence-corrected chi connectivity index (χ3v) is 11.8. The van der Waals surface area contributed by atoms with Gasteiger partial charge in [0.2, 0.25) is 0 Å². The molecule has 0 unspecified atom stereocenters. The van der Waals surface area contributed by atoms with Crippen molar-refractivity contribution < 1.29 is 0 Å². The molecule has 0 fully saturated rings. The number of hydrogen-bond acceptors (Lipinski definition) is 4. The zero-order valence-electron chi connectivity index (χ0n) is 32.9. The maximum atomic E-state index is 5.26. The molecule has 3 heterocycles. The van der Waals surface area contributed by atoms with E-state index < -0.39 is 0 Å². The SMILES string of the molecule is c1ccc(-c2nc(-c3cccc(-c4cccc(-c5ccc(-c6nc7cccc8c7n6-c6ccccc6-c6ccccc6-8)cc5)c4)c3)nc(-c3ccc4ccccc4c3)n2)cc1. The molecule has 0 spiro atoms. The van der Waals surface area contributed by atoms with E-state index in [-0.39, 0.29) is 0 Å². The number of nitrogens with zero attached hydrogens (tertiary/aromatic N) is 5. The molecule has 5 heteroatoms. The van der Waals surface area contributed by atoms with E-state index in [0.717, 1.165) is 72.4 Å². The maximum absolute atomic E-state index is 5.26. The van der Waals surface area contributed by atoms with Crippen molar-refractivity contribution in [3.05, 3.63) is 212 Å². The third-order valence-electron chi connectivity index (χ3n) is 11.8. The summed E-state index contributed by atoms with van der Waals surface area (Å²) in [5.41, 5.74) is 16.4. The Kier molecular flexibility index (Phi) is 8.10. The van der Waals surface area contributed by atoms with Crippen molar-refractivity contribution in [2.24, 2.45) is 0 Å². The highest BCUT2D eigenvalue weighted by atomic mass is 15.1. The number of fused-ring (bicyclic) bond motifs is 6. The fourth-order valence-corrected chi connectivity index (χ4v) is 8.83. The molecule has 1 aliphatic heterocycles. The van der Waals surface area contributed by atoms with Crippen LogP contribution in [0, 0.1) is 0 Å². The van der Waals surface area contributed by atoms with Gasteiger partial charge in [-0.2, -0.15) is 0 Å². The van der Waals surface area contributed by atoms with Crippen molar-refractivity contribution in [3.63, 3.8) is 0 Å². The Labute approximate surface area is 353 Å². The summed E-state index contributed by atoms with van der Waals surface area (Å²) in [4.78, 5) is 20.3. The highest BCUT2D eigenvalue weighted by molar-refractivity contribution is 6.03. The number of hydrogen-bond donors (Lipinski definition) is 0. The van der Waals surface area contributed by atoms with Gasteiger partial charge in [-0.05, 0) is 74.5 Å². The quantitative estimate of drug-likeness (QED) is 0.169. The largest absolute Gasteiger partial charge is 0.291 e. The average molecular weight is 778 g/mol. The molecule has 0 amide bonds. The van der Waals surface area contributed by atoms with Crippen LogP contribution in [0.1, 0.15) is 0 Å². The van der Waals surface area contributed by atoms with Gasteiger partial charge in [0.15, 0.2) is 17.5 Å². The number of rotatable bonds is 6. The van der Waals surface area contributed by atoms with Crippen LogP contribution in [0.25, 0.3) is 118 Å². The van der Waals surface area contributed by atoms with Gasteiger partial charge >= 0.3 is 0 Å². The molecule has 0 bridgehead atoms. The Bertz CT molecular complexity index is 3480. The summed E-state index contributed by atoms with van der Waals surface area (Å²) in [6.45, 7) is 0. The summed E-state index contributed by atoms with van der Waals surface area (Å²) >= 11 is 0. The fourth-order valence-electron chi connectivity index (χ4n) is 8.83. The van der Waals surface area contributed by atoms with E-state index in [1.54, 1.807) is 0 Å². The molecule has 11 aromatic rings. The topological polar surface area (TPSA) is 56.5 Å². The van der Waals surface area contributed by atoms with Crippen molar-refractivity contribution >= 4 is 21.8 Å². The minimum Gasteiger partial charge on any atom is -0.291 e. The van der Waals surface area contributed by atoms with Crippen molar-refractivity contribution in [3.8, 4) is 95.7 Å². The predicted octanol–water partition coefficient (Wildman–Crippen LogP) is 14.0. The Hall–Kier alpha value is -8.28. The second-order valence-corrected chi connectivity index (χ2v) is 15.5. The van der Waals surface area contributed by atoms with Crippen LogP contribution >= 0.6 is 0 Å². The molecule has 12 rings (SSSR count). The van der Waals surface area contributed by atoms with E-state index in [1.165, 1.54) is 27.6 Å². The Balaban J connectivity index is 0.903. The molecule has 284 valence electrons. The lowest BCUT2D eigenvalue weighted by Crippen LogP contribution is -2.00. The summed E-state index contributed by atoms with van der Waals surface area (Å²) in [7, 11) is 0. The first-order valence-corrected chi connectivity index (χ1v) is 20.5. The van der Waals surface area contributed by atoms with Gasteiger partial charge in [0.1, 0.15) is 5.82 Å². The molecule has 2 aromatic heterocycles. The second kappa shape index (κ2) is 14.2. The molecule has 5 nitrogen and oxygen atoms in total. The summed E-state index contributed by atoms with van der Waals surface area (Å²) in [6, 6.07) is 74.7. The van der Waals surface area contributed by atoms with Gasteiger partial charge in [-0.25, -0.2) is 19.9 Å². The minimum atomic E-state index is 0.630. The second-order valence-electron chi connectivity index (χ2n) is 15.5. The van der Waals surface area contributed by atoms with Gasteiger partial charge in [-0.1, -0.05) is 182 Å². The van der Waals surface area contributed by atoms with Crippen molar-refractivity contribution in [1.29, 1.82) is 0 Å². The molecule has 61 heavy (non-hydrogen) atoms. The molecular weight excluding hydrogens is 743 g/mol. The molecule has 9 aromatic carbocycles. The van der Waals surface area contributed by atoms with Crippen molar-refractivity contribution in [2.75, 3.05) is 0 Å². The molecule has 0 radical (unpaired) electrons. The van der Waals surface area contributed by atoms with Crippen molar-refractivity contribution in [2.45, 2.75) is 0 Å². The number of para-hydroxylation sites is 2. The van der Waals surface area contributed by atoms with Crippen LogP contribution in [0.4, 0.5) is 0 Å². The lowest BCUT2D eigenvalue weighted by Gasteiger charge is -2.13. The molecule has 0 N–H and O–H groups in total. The van der Waals surface area contributed by atoms with Gasteiger partial charge in [-0.15, -0.1) is 0 Å². The van der Waals surface area contributed by atoms with E-state index in [0.29, 0.717) is 17.5 Å². The lowest BCUT2D eigenvalue weighted by molar-refractivity contribution is 1.07. The van der Waals surface area contributed by atoms with Gasteiger partial charge in [-0.3, -0.25) is 4.57 Å². The van der Waals surface area contributed by atoms with Crippen LogP contribution in [0.3, 0.4) is 0 Å². The first-order valence-electron chi connectivity index (χ1n) is 20.5. The van der Waals surface area contributed by atoms with Gasteiger partial charge in [0.05, 0.1) is 16.7 Å². The standard InChI is InChI=1S/C56H35N5/c1-2-14-38(15-3-1)53-58-54(60-55(59-53)45-32-29-36-13-4-5-16-40(36)34-45)44-20-11-19-43(35-44)42-18-10-17-41(33-42)37-27-30-39(31-28-37)56-57-50-25-12-24-49-47-22-7-6-21-46(47)48-23-8-9-26-51(48)61(56)52(49)50/h1-35H. The summed E-state index contributed by atoms with van der Waals surface area (Å²) in [6.07, 6.45) is 0. The molecule has 0 atom stereocenters. The molecule has 0 saturated heterocycles. The molecule has 0 saturated carbocycles. The van der Waals surface area contributed by atoms with E-state index in [4.69, 9.17) is 19.9 Å². The van der Waals surface area contributed by atoms with Crippen molar-refractivity contribution in [1.82, 2.24) is 24.5 Å². The van der Waals surface area contributed by atoms with Crippen LogP contribution in [0.2, 0.25) is 0 Å². The smallest absolute Gasteiger partial charge is 0.164 e. The predicted molar refractivity (Wildman–Crippen MR) is 249 cm³/mol. The van der Waals surface area contributed by atoms with Crippen LogP contribution in [-0.4, -0.2) is 24.5 Å². The number of aromatic nitrogens is 5. The molecule has 1 aliphatic rings. The fraction of sp³-hybridized carbons (Fsp3) is 0. The van der Waals surface area contributed by atoms with E-state index in [1.807, 2.05) is 30.3 Å². The lowest BCUT2D eigenvalue weighted by atomic mass is 9.94.